The van der Waals surface area contributed by atoms with Crippen LogP contribution in [0.15, 0.2) is 0 Å². The number of methoxy groups -OCH3 is 1. The van der Waals surface area contributed by atoms with Gasteiger partial charge in [-0.1, -0.05) is 0 Å². The number of nitrogens with one attached hydrogen (secondary N) is 1. The molecule has 1 aliphatic rings. The Morgan fingerprint density at radius 3 is 2.67 bits per heavy atom. The van der Waals surface area contributed by atoms with Crippen molar-refractivity contribution in [1.82, 2.24) is 5.32 Å². The number of aliphatic carboxylic acids is 1. The third kappa shape index (κ3) is 5.01. The molecular weight excluding hydrogens is 238 g/mol. The van der Waals surface area contributed by atoms with Gasteiger partial charge in [0.05, 0.1) is 6.61 Å². The summed E-state index contributed by atoms with van der Waals surface area (Å²) >= 11 is 0. The van der Waals surface area contributed by atoms with Crippen molar-refractivity contribution in [2.45, 2.75) is 37.7 Å². The summed E-state index contributed by atoms with van der Waals surface area (Å²) in [6.45, 7) is 1.60. The van der Waals surface area contributed by atoms with Gasteiger partial charge in [-0.3, -0.25) is 9.59 Å². The van der Waals surface area contributed by atoms with E-state index >= 15 is 0 Å². The van der Waals surface area contributed by atoms with Crippen LogP contribution in [0.5, 0.6) is 0 Å². The summed E-state index contributed by atoms with van der Waals surface area (Å²) in [5.41, 5.74) is -0.392. The molecule has 1 unspecified atom stereocenters. The fourth-order valence-corrected chi connectivity index (χ4v) is 1.87. The first kappa shape index (κ1) is 14.9. The van der Waals surface area contributed by atoms with E-state index in [1.165, 1.54) is 0 Å². The van der Waals surface area contributed by atoms with E-state index in [0.717, 1.165) is 6.42 Å². The number of ether oxygens (including phenoxy) is 2. The van der Waals surface area contributed by atoms with Crippen LogP contribution in [0, 0.1) is 0 Å². The number of carboxylic acid groups (broad SMARTS) is 1. The molecule has 0 bridgehead atoms. The second-order valence-corrected chi connectivity index (χ2v) is 4.57. The lowest BCUT2D eigenvalue weighted by Gasteiger charge is -2.25. The number of carbonyl (C=O) groups is 2. The molecule has 1 aliphatic heterocycles. The van der Waals surface area contributed by atoms with Gasteiger partial charge in [-0.05, 0) is 12.8 Å². The summed E-state index contributed by atoms with van der Waals surface area (Å²) in [5, 5.41) is 11.3. The highest BCUT2D eigenvalue weighted by Gasteiger charge is 2.35. The van der Waals surface area contributed by atoms with E-state index in [-0.39, 0.29) is 12.3 Å². The van der Waals surface area contributed by atoms with E-state index in [2.05, 4.69) is 5.32 Å². The number of hydrogen-bond acceptors (Lipinski definition) is 4. The first-order valence-electron chi connectivity index (χ1n) is 6.19. The predicted octanol–water partition coefficient (Wildman–Crippen LogP) is 0.553. The summed E-state index contributed by atoms with van der Waals surface area (Å²) in [6.07, 6.45) is 2.37. The van der Waals surface area contributed by atoms with Crippen molar-refractivity contribution in [3.05, 3.63) is 0 Å². The zero-order chi connectivity index (χ0) is 13.4. The molecule has 0 spiro atoms. The Bertz CT molecular complexity index is 286. The van der Waals surface area contributed by atoms with Crippen molar-refractivity contribution in [2.75, 3.05) is 26.9 Å². The van der Waals surface area contributed by atoms with Crippen LogP contribution in [0.25, 0.3) is 0 Å². The van der Waals surface area contributed by atoms with Gasteiger partial charge in [0.1, 0.15) is 5.60 Å². The Morgan fingerprint density at radius 2 is 2.11 bits per heavy atom. The molecule has 1 fully saturated rings. The Morgan fingerprint density at radius 1 is 1.39 bits per heavy atom. The minimum Gasteiger partial charge on any atom is -0.481 e. The van der Waals surface area contributed by atoms with Crippen molar-refractivity contribution >= 4 is 11.9 Å². The van der Waals surface area contributed by atoms with Crippen LogP contribution in [0.1, 0.15) is 32.1 Å². The zero-order valence-corrected chi connectivity index (χ0v) is 10.7. The highest BCUT2D eigenvalue weighted by molar-refractivity contribution is 5.76. The lowest BCUT2D eigenvalue weighted by atomic mass is 10.0. The topological polar surface area (TPSA) is 84.9 Å². The van der Waals surface area contributed by atoms with Crippen LogP contribution in [0.2, 0.25) is 0 Å². The summed E-state index contributed by atoms with van der Waals surface area (Å²) in [7, 11) is 1.62. The van der Waals surface area contributed by atoms with E-state index in [0.29, 0.717) is 39.0 Å². The lowest BCUT2D eigenvalue weighted by molar-refractivity contribution is -0.137. The highest BCUT2D eigenvalue weighted by atomic mass is 16.5. The fraction of sp³-hybridized carbons (Fsp3) is 0.833. The minimum absolute atomic E-state index is 0.0660. The van der Waals surface area contributed by atoms with Crippen LogP contribution < -0.4 is 5.32 Å². The van der Waals surface area contributed by atoms with E-state index in [1.54, 1.807) is 7.11 Å². The van der Waals surface area contributed by atoms with E-state index < -0.39 is 11.6 Å². The lowest BCUT2D eigenvalue weighted by Crippen LogP contribution is -2.44. The van der Waals surface area contributed by atoms with Crippen LogP contribution in [0.3, 0.4) is 0 Å². The molecule has 2 N–H and O–H groups in total. The third-order valence-electron chi connectivity index (χ3n) is 3.15. The van der Waals surface area contributed by atoms with E-state index in [1.807, 2.05) is 0 Å². The highest BCUT2D eigenvalue weighted by Crippen LogP contribution is 2.21. The molecule has 104 valence electrons. The van der Waals surface area contributed by atoms with Gasteiger partial charge in [-0.2, -0.15) is 0 Å². The Kier molecular flexibility index (Phi) is 6.07. The molecule has 0 aromatic carbocycles. The van der Waals surface area contributed by atoms with Gasteiger partial charge < -0.3 is 19.9 Å². The van der Waals surface area contributed by atoms with Crippen LogP contribution in [-0.4, -0.2) is 49.5 Å². The molecule has 6 heteroatoms. The molecule has 0 radical (unpaired) electrons. The normalized spacial score (nSPS) is 22.9. The van der Waals surface area contributed by atoms with Gasteiger partial charge in [0.25, 0.3) is 0 Å². The molecule has 0 aromatic heterocycles. The maximum Gasteiger partial charge on any atom is 0.303 e. The average Bonchev–Trinajstić information content (AvgIpc) is 2.81. The number of hydrogen-bond donors (Lipinski definition) is 2. The van der Waals surface area contributed by atoms with E-state index in [9.17, 15) is 9.59 Å². The molecule has 1 saturated heterocycles. The largest absolute Gasteiger partial charge is 0.481 e. The molecule has 6 nitrogen and oxygen atoms in total. The third-order valence-corrected chi connectivity index (χ3v) is 3.15. The zero-order valence-electron chi connectivity index (χ0n) is 10.7. The molecule has 0 aliphatic carbocycles. The maximum atomic E-state index is 11.5. The molecule has 0 aromatic rings. The monoisotopic (exact) mass is 259 g/mol. The van der Waals surface area contributed by atoms with Gasteiger partial charge in [-0.15, -0.1) is 0 Å². The van der Waals surface area contributed by atoms with Gasteiger partial charge >= 0.3 is 5.97 Å². The van der Waals surface area contributed by atoms with Crippen molar-refractivity contribution in [3.63, 3.8) is 0 Å². The second kappa shape index (κ2) is 7.33. The van der Waals surface area contributed by atoms with Crippen LogP contribution in [-0.2, 0) is 19.1 Å². The molecule has 1 heterocycles. The summed E-state index contributed by atoms with van der Waals surface area (Å²) in [4.78, 5) is 21.8. The van der Waals surface area contributed by atoms with Gasteiger partial charge in [0.15, 0.2) is 0 Å². The smallest absolute Gasteiger partial charge is 0.303 e. The maximum absolute atomic E-state index is 11.5. The van der Waals surface area contributed by atoms with Crippen molar-refractivity contribution in [2.24, 2.45) is 0 Å². The average molecular weight is 259 g/mol. The Balaban J connectivity index is 2.14. The van der Waals surface area contributed by atoms with Crippen molar-refractivity contribution < 1.29 is 24.2 Å². The second-order valence-electron chi connectivity index (χ2n) is 4.57. The molecule has 18 heavy (non-hydrogen) atoms. The number of carbonyl (C=O) groups excluding carboxylic acids is 1. The standard InChI is InChI=1S/C12H21NO5/c1-17-12(6-7-18-9-12)8-13-10(14)4-2-3-5-11(15)16/h2-9H2,1H3,(H,13,14)(H,15,16). The van der Waals surface area contributed by atoms with Crippen molar-refractivity contribution in [3.8, 4) is 0 Å². The minimum atomic E-state index is -0.822. The van der Waals surface area contributed by atoms with Gasteiger partial charge in [0, 0.05) is 39.5 Å². The van der Waals surface area contributed by atoms with Crippen LogP contribution in [0.4, 0.5) is 0 Å². The number of carboxylic acids is 1. The molecular formula is C12H21NO5. The molecule has 0 saturated carbocycles. The number of rotatable bonds is 8. The number of unbranched alkanes of at least 4 members (excludes halogenated alkanes) is 1. The summed E-state index contributed by atoms with van der Waals surface area (Å²) in [5.74, 6) is -0.888. The van der Waals surface area contributed by atoms with Gasteiger partial charge in [-0.25, -0.2) is 0 Å². The first-order valence-corrected chi connectivity index (χ1v) is 6.19. The Labute approximate surface area is 107 Å². The fourth-order valence-electron chi connectivity index (χ4n) is 1.87. The van der Waals surface area contributed by atoms with Crippen molar-refractivity contribution in [1.29, 1.82) is 0 Å². The molecule has 1 atom stereocenters. The first-order chi connectivity index (χ1) is 8.58. The van der Waals surface area contributed by atoms with Crippen LogP contribution >= 0.6 is 0 Å². The van der Waals surface area contributed by atoms with E-state index in [4.69, 9.17) is 14.6 Å². The predicted molar refractivity (Wildman–Crippen MR) is 64.3 cm³/mol. The summed E-state index contributed by atoms with van der Waals surface area (Å²) in [6, 6.07) is 0. The molecule has 1 rings (SSSR count). The van der Waals surface area contributed by atoms with Gasteiger partial charge in [0.2, 0.25) is 5.91 Å². The summed E-state index contributed by atoms with van der Waals surface area (Å²) < 4.78 is 10.7. The quantitative estimate of drug-likeness (QED) is 0.622. The molecule has 1 amide bonds. The number of amides is 1. The SMILES string of the molecule is COC1(CNC(=O)CCCCC(=O)O)CCOC1. The Hall–Kier alpha value is -1.14.